The Hall–Kier alpha value is -1.54. The zero-order valence-corrected chi connectivity index (χ0v) is 16.8. The molecule has 2 unspecified atom stereocenters. The number of aliphatic imine (C=N–C) groups is 1. The van der Waals surface area contributed by atoms with Gasteiger partial charge in [0.1, 0.15) is 5.75 Å². The number of nitrogens with zero attached hydrogens (tertiary/aromatic N) is 2. The topological polar surface area (TPSA) is 76.0 Å². The Morgan fingerprint density at radius 1 is 1.31 bits per heavy atom. The fraction of sp³-hybridized carbons (Fsp3) is 0.556. The van der Waals surface area contributed by atoms with Gasteiger partial charge in [0, 0.05) is 11.2 Å². The highest BCUT2D eigenvalue weighted by Crippen LogP contribution is 2.43. The van der Waals surface area contributed by atoms with Gasteiger partial charge in [0.2, 0.25) is 0 Å². The van der Waals surface area contributed by atoms with Crippen molar-refractivity contribution < 1.29 is 17.9 Å². The number of methoxy groups -OCH3 is 1. The smallest absolute Gasteiger partial charge is 0.251 e. The Labute approximate surface area is 158 Å². The second-order valence-corrected chi connectivity index (χ2v) is 9.95. The highest BCUT2D eigenvalue weighted by molar-refractivity contribution is 8.16. The van der Waals surface area contributed by atoms with Crippen molar-refractivity contribution in [2.24, 2.45) is 10.9 Å². The molecule has 0 saturated carbocycles. The van der Waals surface area contributed by atoms with Crippen molar-refractivity contribution in [3.63, 3.8) is 0 Å². The van der Waals surface area contributed by atoms with Crippen molar-refractivity contribution in [2.45, 2.75) is 38.0 Å². The summed E-state index contributed by atoms with van der Waals surface area (Å²) in [5.41, 5.74) is 0.753. The molecular weight excluding hydrogens is 372 g/mol. The fourth-order valence-electron chi connectivity index (χ4n) is 3.50. The van der Waals surface area contributed by atoms with Gasteiger partial charge < -0.3 is 9.64 Å². The van der Waals surface area contributed by atoms with Crippen LogP contribution in [0.2, 0.25) is 0 Å². The van der Waals surface area contributed by atoms with E-state index in [2.05, 4.69) is 4.99 Å². The number of fused-ring (bicyclic) bond motifs is 1. The molecule has 0 N–H and O–H groups in total. The van der Waals surface area contributed by atoms with E-state index in [1.165, 1.54) is 11.8 Å². The Morgan fingerprint density at radius 2 is 2.00 bits per heavy atom. The van der Waals surface area contributed by atoms with E-state index < -0.39 is 9.84 Å². The number of amides is 1. The first-order valence-corrected chi connectivity index (χ1v) is 11.5. The minimum Gasteiger partial charge on any atom is -0.495 e. The van der Waals surface area contributed by atoms with Gasteiger partial charge in [-0.25, -0.2) is 8.42 Å². The number of sulfone groups is 1. The molecule has 0 aliphatic carbocycles. The van der Waals surface area contributed by atoms with E-state index in [1.807, 2.05) is 43.0 Å². The zero-order valence-electron chi connectivity index (χ0n) is 15.2. The molecule has 2 aliphatic rings. The molecule has 2 saturated heterocycles. The van der Waals surface area contributed by atoms with Crippen LogP contribution in [-0.2, 0) is 14.6 Å². The number of thioether (sulfide) groups is 1. The van der Waals surface area contributed by atoms with E-state index in [1.54, 1.807) is 7.11 Å². The fourth-order valence-corrected chi connectivity index (χ4v) is 7.41. The minimum absolute atomic E-state index is 0.0703. The molecule has 2 heterocycles. The van der Waals surface area contributed by atoms with Gasteiger partial charge in [0.25, 0.3) is 5.91 Å². The van der Waals surface area contributed by atoms with Crippen molar-refractivity contribution in [2.75, 3.05) is 23.5 Å². The summed E-state index contributed by atoms with van der Waals surface area (Å²) in [6.07, 6.45) is 1.49. The molecule has 3 rings (SSSR count). The van der Waals surface area contributed by atoms with E-state index in [9.17, 15) is 13.2 Å². The third-order valence-corrected chi connectivity index (χ3v) is 8.16. The van der Waals surface area contributed by atoms with E-state index in [0.717, 1.165) is 18.5 Å². The number of hydrogen-bond donors (Lipinski definition) is 0. The SMILES string of the molecule is CCC(CC)C(=O)N=C1SC2CS(=O)(=O)CC2N1c1ccccc1OC. The predicted octanol–water partition coefficient (Wildman–Crippen LogP) is 2.73. The molecule has 1 aromatic carbocycles. The van der Waals surface area contributed by atoms with Crippen LogP contribution in [0.15, 0.2) is 29.3 Å². The van der Waals surface area contributed by atoms with Crippen LogP contribution in [0, 0.1) is 5.92 Å². The number of rotatable bonds is 5. The predicted molar refractivity (Wildman–Crippen MR) is 106 cm³/mol. The molecule has 1 aromatic rings. The largest absolute Gasteiger partial charge is 0.495 e. The molecule has 0 bridgehead atoms. The van der Waals surface area contributed by atoms with E-state index in [-0.39, 0.29) is 34.6 Å². The number of para-hydroxylation sites is 2. The molecule has 142 valence electrons. The minimum atomic E-state index is -3.09. The summed E-state index contributed by atoms with van der Waals surface area (Å²) in [5.74, 6) is 0.584. The maximum absolute atomic E-state index is 12.6. The van der Waals surface area contributed by atoms with Crippen LogP contribution in [0.1, 0.15) is 26.7 Å². The van der Waals surface area contributed by atoms with Crippen LogP contribution < -0.4 is 9.64 Å². The van der Waals surface area contributed by atoms with E-state index >= 15 is 0 Å². The van der Waals surface area contributed by atoms with Crippen LogP contribution in [0.3, 0.4) is 0 Å². The third-order valence-electron chi connectivity index (χ3n) is 4.95. The average molecular weight is 397 g/mol. The van der Waals surface area contributed by atoms with Crippen molar-refractivity contribution >= 4 is 38.4 Å². The number of amidine groups is 1. The first kappa shape index (κ1) is 19.2. The Bertz CT molecular complexity index is 818. The molecule has 26 heavy (non-hydrogen) atoms. The summed E-state index contributed by atoms with van der Waals surface area (Å²) in [7, 11) is -1.51. The molecule has 0 aromatic heterocycles. The van der Waals surface area contributed by atoms with Gasteiger partial charge in [-0.1, -0.05) is 37.7 Å². The van der Waals surface area contributed by atoms with Gasteiger partial charge in [-0.05, 0) is 25.0 Å². The molecule has 0 radical (unpaired) electrons. The molecule has 6 nitrogen and oxygen atoms in total. The van der Waals surface area contributed by atoms with Crippen LogP contribution in [0.4, 0.5) is 5.69 Å². The van der Waals surface area contributed by atoms with E-state index in [0.29, 0.717) is 10.9 Å². The number of benzene rings is 1. The lowest BCUT2D eigenvalue weighted by atomic mass is 10.0. The average Bonchev–Trinajstić information content (AvgIpc) is 3.06. The van der Waals surface area contributed by atoms with Crippen LogP contribution in [0.25, 0.3) is 0 Å². The highest BCUT2D eigenvalue weighted by atomic mass is 32.2. The normalized spacial score (nSPS) is 25.7. The number of carbonyl (C=O) groups excluding carboxylic acids is 1. The molecule has 8 heteroatoms. The second kappa shape index (κ2) is 7.60. The van der Waals surface area contributed by atoms with Crippen LogP contribution >= 0.6 is 11.8 Å². The molecule has 1 amide bonds. The maximum Gasteiger partial charge on any atom is 0.251 e. The van der Waals surface area contributed by atoms with Gasteiger partial charge in [-0.3, -0.25) is 4.79 Å². The summed E-state index contributed by atoms with van der Waals surface area (Å²) < 4.78 is 29.7. The van der Waals surface area contributed by atoms with E-state index in [4.69, 9.17) is 4.74 Å². The lowest BCUT2D eigenvalue weighted by Crippen LogP contribution is -2.38. The lowest BCUT2D eigenvalue weighted by Gasteiger charge is -2.26. The van der Waals surface area contributed by atoms with Gasteiger partial charge in [-0.15, -0.1) is 0 Å². The number of ether oxygens (including phenoxy) is 1. The third kappa shape index (κ3) is 3.62. The van der Waals surface area contributed by atoms with Crippen molar-refractivity contribution in [1.82, 2.24) is 0 Å². The first-order chi connectivity index (χ1) is 12.4. The summed E-state index contributed by atoms with van der Waals surface area (Å²) in [5, 5.41) is 0.467. The monoisotopic (exact) mass is 396 g/mol. The van der Waals surface area contributed by atoms with Crippen LogP contribution in [0.5, 0.6) is 5.75 Å². The standard InChI is InChI=1S/C18H24N2O4S2/c1-4-12(5-2)17(21)19-18-20(13-8-6-7-9-15(13)24-3)14-10-26(22,23)11-16(14)25-18/h6-9,12,14,16H,4-5,10-11H2,1-3H3. The summed E-state index contributed by atoms with van der Waals surface area (Å²) in [6, 6.07) is 7.22. The molecule has 2 atom stereocenters. The summed E-state index contributed by atoms with van der Waals surface area (Å²) in [6.45, 7) is 3.96. The van der Waals surface area contributed by atoms with Crippen molar-refractivity contribution in [3.05, 3.63) is 24.3 Å². The lowest BCUT2D eigenvalue weighted by molar-refractivity contribution is -0.121. The maximum atomic E-state index is 12.6. The quantitative estimate of drug-likeness (QED) is 0.762. The van der Waals surface area contributed by atoms with Crippen LogP contribution in [-0.4, -0.2) is 49.4 Å². The van der Waals surface area contributed by atoms with Crippen molar-refractivity contribution in [1.29, 1.82) is 0 Å². The first-order valence-electron chi connectivity index (χ1n) is 8.82. The van der Waals surface area contributed by atoms with Gasteiger partial charge in [-0.2, -0.15) is 4.99 Å². The molecule has 2 aliphatic heterocycles. The van der Waals surface area contributed by atoms with Gasteiger partial charge in [0.05, 0.1) is 30.3 Å². The number of hydrogen-bond acceptors (Lipinski definition) is 5. The number of carbonyl (C=O) groups is 1. The number of anilines is 1. The highest BCUT2D eigenvalue weighted by Gasteiger charge is 2.50. The molecular formula is C18H24N2O4S2. The van der Waals surface area contributed by atoms with Gasteiger partial charge >= 0.3 is 0 Å². The van der Waals surface area contributed by atoms with Crippen molar-refractivity contribution in [3.8, 4) is 5.75 Å². The Balaban J connectivity index is 2.03. The second-order valence-electron chi connectivity index (χ2n) is 6.59. The molecule has 0 spiro atoms. The van der Waals surface area contributed by atoms with Gasteiger partial charge in [0.15, 0.2) is 15.0 Å². The summed E-state index contributed by atoms with van der Waals surface area (Å²) in [4.78, 5) is 18.8. The Kier molecular flexibility index (Phi) is 5.62. The summed E-state index contributed by atoms with van der Waals surface area (Å²) >= 11 is 1.39. The zero-order chi connectivity index (χ0) is 18.9. The molecule has 2 fully saturated rings. The Morgan fingerprint density at radius 3 is 2.65 bits per heavy atom.